The number of halogens is 3. The molecule has 230 valence electrons. The van der Waals surface area contributed by atoms with Crippen molar-refractivity contribution in [2.75, 3.05) is 18.5 Å². The van der Waals surface area contributed by atoms with Gasteiger partial charge in [-0.15, -0.1) is 0 Å². The highest BCUT2D eigenvalue weighted by atomic mass is 19.4. The number of carbonyl (C=O) groups excluding carboxylic acids is 3. The van der Waals surface area contributed by atoms with Crippen LogP contribution in [0.2, 0.25) is 0 Å². The first-order valence-corrected chi connectivity index (χ1v) is 12.7. The van der Waals surface area contributed by atoms with Crippen molar-refractivity contribution in [3.8, 4) is 17.2 Å². The summed E-state index contributed by atoms with van der Waals surface area (Å²) in [5, 5.41) is 10.5. The maximum Gasteiger partial charge on any atom is 0.491 e. The van der Waals surface area contributed by atoms with Gasteiger partial charge in [0.1, 0.15) is 30.8 Å². The minimum absolute atomic E-state index is 0.00458. The molecule has 6 N–H and O–H groups in total. The van der Waals surface area contributed by atoms with E-state index in [2.05, 4.69) is 34.1 Å². The molecule has 0 spiro atoms. The van der Waals surface area contributed by atoms with Crippen LogP contribution in [-0.4, -0.2) is 43.0 Å². The quantitative estimate of drug-likeness (QED) is 0.0480. The largest absolute Gasteiger partial charge is 0.491 e. The molecular weight excluding hydrogens is 583 g/mol. The number of nitrogen functional groups attached to an aromatic ring is 1. The lowest BCUT2D eigenvalue weighted by molar-refractivity contribution is -0.189. The fourth-order valence-corrected chi connectivity index (χ4v) is 3.63. The van der Waals surface area contributed by atoms with Crippen LogP contribution in [0.15, 0.2) is 92.0 Å². The predicted molar refractivity (Wildman–Crippen MR) is 155 cm³/mol. The number of amides is 2. The number of alkyl halides is 3. The van der Waals surface area contributed by atoms with Crippen molar-refractivity contribution in [1.82, 2.24) is 10.9 Å². The zero-order chi connectivity index (χ0) is 32.3. The molecule has 0 aromatic heterocycles. The van der Waals surface area contributed by atoms with E-state index in [0.717, 1.165) is 12.1 Å². The van der Waals surface area contributed by atoms with Crippen molar-refractivity contribution in [2.24, 2.45) is 5.73 Å². The number of nitrogens with two attached hydrogens (primary N) is 1. The van der Waals surface area contributed by atoms with Gasteiger partial charge in [0.05, 0.1) is 5.56 Å². The van der Waals surface area contributed by atoms with Gasteiger partial charge in [-0.2, -0.15) is 13.2 Å². The second-order valence-corrected chi connectivity index (χ2v) is 8.80. The third-order valence-electron chi connectivity index (χ3n) is 5.63. The number of carbonyl (C=O) groups is 3. The molecule has 0 aliphatic heterocycles. The molecule has 0 radical (unpaired) electrons. The van der Waals surface area contributed by atoms with E-state index in [9.17, 15) is 27.6 Å². The monoisotopic (exact) mass is 611 g/mol. The number of nitrogens with one attached hydrogen (secondary N) is 4. The molecule has 3 aromatic rings. The summed E-state index contributed by atoms with van der Waals surface area (Å²) in [5.74, 6) is -4.75. The summed E-state index contributed by atoms with van der Waals surface area (Å²) >= 11 is 0. The van der Waals surface area contributed by atoms with E-state index >= 15 is 0 Å². The van der Waals surface area contributed by atoms with Gasteiger partial charge in [0.2, 0.25) is 0 Å². The Hall–Kier alpha value is -5.79. The summed E-state index contributed by atoms with van der Waals surface area (Å²) in [6.45, 7) is 7.45. The summed E-state index contributed by atoms with van der Waals surface area (Å²) in [7, 11) is 0. The van der Waals surface area contributed by atoms with Crippen LogP contribution in [0.1, 0.15) is 27.5 Å². The Morgan fingerprint density at radius 3 is 2.16 bits per heavy atom. The minimum atomic E-state index is -5.33. The molecule has 0 heterocycles. The van der Waals surface area contributed by atoms with Gasteiger partial charge in [0.25, 0.3) is 11.8 Å². The van der Waals surface area contributed by atoms with Crippen molar-refractivity contribution < 1.29 is 41.8 Å². The molecule has 11 nitrogen and oxygen atoms in total. The third kappa shape index (κ3) is 8.85. The van der Waals surface area contributed by atoms with E-state index in [0.29, 0.717) is 5.75 Å². The van der Waals surface area contributed by atoms with Crippen molar-refractivity contribution >= 4 is 29.3 Å². The summed E-state index contributed by atoms with van der Waals surface area (Å²) < 4.78 is 54.5. The smallest absolute Gasteiger partial charge is 0.486 e. The summed E-state index contributed by atoms with van der Waals surface area (Å²) in [6, 6.07) is 14.7. The molecule has 0 aliphatic carbocycles. The summed E-state index contributed by atoms with van der Waals surface area (Å²) in [4.78, 5) is 37.5. The molecule has 1 unspecified atom stereocenters. The maximum atomic E-state index is 13.5. The summed E-state index contributed by atoms with van der Waals surface area (Å²) in [6.07, 6.45) is -2.31. The predicted octanol–water partition coefficient (Wildman–Crippen LogP) is 4.18. The number of hydrazine groups is 1. The van der Waals surface area contributed by atoms with E-state index in [4.69, 9.17) is 20.6 Å². The molecule has 3 rings (SSSR count). The highest BCUT2D eigenvalue weighted by Gasteiger charge is 2.42. The maximum absolute atomic E-state index is 13.5. The molecule has 0 fully saturated rings. The van der Waals surface area contributed by atoms with E-state index in [1.165, 1.54) is 48.6 Å². The van der Waals surface area contributed by atoms with Gasteiger partial charge in [-0.25, -0.2) is 4.79 Å². The number of benzene rings is 3. The van der Waals surface area contributed by atoms with E-state index in [1.807, 2.05) is 0 Å². The Morgan fingerprint density at radius 2 is 1.55 bits per heavy atom. The number of anilines is 1. The first-order valence-electron chi connectivity index (χ1n) is 12.7. The van der Waals surface area contributed by atoms with Crippen LogP contribution in [0, 0.1) is 5.41 Å². The second kappa shape index (κ2) is 14.9. The lowest BCUT2D eigenvalue weighted by Crippen LogP contribution is -2.45. The Labute approximate surface area is 250 Å². The molecule has 44 heavy (non-hydrogen) atoms. The van der Waals surface area contributed by atoms with Crippen LogP contribution in [0.25, 0.3) is 0 Å². The van der Waals surface area contributed by atoms with Crippen LogP contribution in [-0.2, 0) is 9.59 Å². The molecular formula is C30H28F3N5O6. The minimum Gasteiger partial charge on any atom is -0.486 e. The van der Waals surface area contributed by atoms with E-state index in [-0.39, 0.29) is 41.3 Å². The molecule has 0 saturated carbocycles. The molecule has 3 aromatic carbocycles. The van der Waals surface area contributed by atoms with Gasteiger partial charge in [-0.05, 0) is 42.0 Å². The first kappa shape index (κ1) is 32.7. The van der Waals surface area contributed by atoms with Crippen LogP contribution >= 0.6 is 0 Å². The Morgan fingerprint density at radius 1 is 0.886 bits per heavy atom. The topological polar surface area (TPSA) is 165 Å². The van der Waals surface area contributed by atoms with Gasteiger partial charge in [-0.1, -0.05) is 49.6 Å². The second-order valence-electron chi connectivity index (χ2n) is 8.80. The van der Waals surface area contributed by atoms with Crippen LogP contribution < -0.4 is 36.1 Å². The average molecular weight is 612 g/mol. The summed E-state index contributed by atoms with van der Waals surface area (Å²) in [5.41, 5.74) is 10.3. The van der Waals surface area contributed by atoms with Crippen molar-refractivity contribution in [3.63, 3.8) is 0 Å². The normalized spacial score (nSPS) is 11.3. The van der Waals surface area contributed by atoms with Gasteiger partial charge in [-0.3, -0.25) is 25.8 Å². The molecule has 14 heteroatoms. The molecule has 0 bridgehead atoms. The highest BCUT2D eigenvalue weighted by Crippen LogP contribution is 2.33. The zero-order valence-electron chi connectivity index (χ0n) is 23.1. The standard InChI is InChI=1S/C30H28F3N5O6/c1-3-14-42-22-13-10-19(16-24(22)43-15-4-2)25(28(40)38-37-27(39)18-8-6-5-7-9-18)36-20-11-12-21(26(34)35)23(17-20)44-29(41)30(31,32)33/h3-13,16-17,25,36H,1-2,14-15H2,(H3,34,35)(H,37,39)(H,38,40). The molecule has 1 atom stereocenters. The van der Waals surface area contributed by atoms with Gasteiger partial charge >= 0.3 is 12.1 Å². The zero-order valence-corrected chi connectivity index (χ0v) is 23.1. The van der Waals surface area contributed by atoms with Crippen LogP contribution in [0.3, 0.4) is 0 Å². The highest BCUT2D eigenvalue weighted by molar-refractivity contribution is 5.99. The number of hydrogen-bond acceptors (Lipinski definition) is 8. The van der Waals surface area contributed by atoms with Crippen molar-refractivity contribution in [3.05, 3.63) is 109 Å². The molecule has 2 amide bonds. The molecule has 0 saturated heterocycles. The average Bonchev–Trinajstić information content (AvgIpc) is 3.00. The van der Waals surface area contributed by atoms with Crippen LogP contribution in [0.5, 0.6) is 17.2 Å². The number of rotatable bonds is 13. The first-order chi connectivity index (χ1) is 20.9. The Kier molecular flexibility index (Phi) is 11.1. The van der Waals surface area contributed by atoms with E-state index in [1.54, 1.807) is 18.2 Å². The number of ether oxygens (including phenoxy) is 3. The lowest BCUT2D eigenvalue weighted by atomic mass is 10.0. The fourth-order valence-electron chi connectivity index (χ4n) is 3.63. The third-order valence-corrected chi connectivity index (χ3v) is 5.63. The van der Waals surface area contributed by atoms with Gasteiger partial charge < -0.3 is 25.3 Å². The van der Waals surface area contributed by atoms with E-state index < -0.39 is 41.6 Å². The van der Waals surface area contributed by atoms with Gasteiger partial charge in [0.15, 0.2) is 11.5 Å². The molecule has 0 aliphatic rings. The SMILES string of the molecule is C=CCOc1ccc(C(Nc2ccc(C(=N)N)c(OC(=O)C(F)(F)F)c2)C(=O)NNC(=O)c2ccccc2)cc1OCC=C. The Balaban J connectivity index is 2.01. The lowest BCUT2D eigenvalue weighted by Gasteiger charge is -2.22. The van der Waals surface area contributed by atoms with Crippen molar-refractivity contribution in [2.45, 2.75) is 12.2 Å². The Bertz CT molecular complexity index is 1550. The van der Waals surface area contributed by atoms with Crippen molar-refractivity contribution in [1.29, 1.82) is 5.41 Å². The number of hydrogen-bond donors (Lipinski definition) is 5. The number of esters is 1. The van der Waals surface area contributed by atoms with Crippen LogP contribution in [0.4, 0.5) is 18.9 Å². The fraction of sp³-hybridized carbons (Fsp3) is 0.133. The number of amidine groups is 1. The van der Waals surface area contributed by atoms with Gasteiger partial charge in [0, 0.05) is 17.3 Å².